The predicted molar refractivity (Wildman–Crippen MR) is 106 cm³/mol. The van der Waals surface area contributed by atoms with E-state index in [-0.39, 0.29) is 6.42 Å². The smallest absolute Gasteiger partial charge is 0.307 e. The quantitative estimate of drug-likeness (QED) is 0.536. The fourth-order valence-electron chi connectivity index (χ4n) is 2.16. The molecule has 0 bridgehead atoms. The van der Waals surface area contributed by atoms with Crippen molar-refractivity contribution in [2.45, 2.75) is 31.3 Å². The van der Waals surface area contributed by atoms with Crippen LogP contribution in [0.15, 0.2) is 53.4 Å². The summed E-state index contributed by atoms with van der Waals surface area (Å²) in [5, 5.41) is 2.63. The summed E-state index contributed by atoms with van der Waals surface area (Å²) in [5.74, 6) is -0.841. The lowest BCUT2D eigenvalue weighted by molar-refractivity contribution is -0.152. The number of benzene rings is 2. The Morgan fingerprint density at radius 2 is 1.70 bits per heavy atom. The highest BCUT2D eigenvalue weighted by atomic mass is 32.2. The highest BCUT2D eigenvalue weighted by Gasteiger charge is 2.18. The number of carbonyl (C=O) groups excluding carboxylic acids is 3. The average Bonchev–Trinajstić information content (AvgIpc) is 2.63. The number of hydrogen-bond donors (Lipinski definition) is 2. The van der Waals surface area contributed by atoms with E-state index >= 15 is 0 Å². The Morgan fingerprint density at radius 1 is 1.07 bits per heavy atom. The van der Waals surface area contributed by atoms with E-state index in [4.69, 9.17) is 10.5 Å². The van der Waals surface area contributed by atoms with Crippen LogP contribution in [0.25, 0.3) is 0 Å². The maximum atomic E-state index is 12.1. The molecule has 3 N–H and O–H groups in total. The summed E-state index contributed by atoms with van der Waals surface area (Å²) >= 11 is 1.56. The van der Waals surface area contributed by atoms with Gasteiger partial charge in [0.1, 0.15) is 0 Å². The number of thioether (sulfide) groups is 1. The van der Waals surface area contributed by atoms with Crippen molar-refractivity contribution in [3.8, 4) is 0 Å². The second-order valence-corrected chi connectivity index (χ2v) is 7.14. The summed E-state index contributed by atoms with van der Waals surface area (Å²) in [4.78, 5) is 36.1. The van der Waals surface area contributed by atoms with Crippen LogP contribution in [0.2, 0.25) is 0 Å². The van der Waals surface area contributed by atoms with Crippen LogP contribution in [0.5, 0.6) is 0 Å². The number of ether oxygens (including phenoxy) is 1. The zero-order valence-corrected chi connectivity index (χ0v) is 16.0. The molecule has 2 rings (SSSR count). The van der Waals surface area contributed by atoms with Gasteiger partial charge in [-0.2, -0.15) is 0 Å². The first kappa shape index (κ1) is 20.5. The molecule has 0 radical (unpaired) electrons. The molecular weight excluding hydrogens is 364 g/mol. The first-order valence-corrected chi connectivity index (χ1v) is 9.43. The van der Waals surface area contributed by atoms with Crippen molar-refractivity contribution >= 4 is 35.2 Å². The van der Waals surface area contributed by atoms with Crippen LogP contribution >= 0.6 is 11.8 Å². The average molecular weight is 386 g/mol. The molecule has 1 unspecified atom stereocenters. The minimum absolute atomic E-state index is 0.212. The summed E-state index contributed by atoms with van der Waals surface area (Å²) in [6.45, 7) is 3.53. The molecule has 0 fully saturated rings. The van der Waals surface area contributed by atoms with Gasteiger partial charge in [0, 0.05) is 21.9 Å². The molecular formula is C20H22N2O4S. The molecule has 0 aromatic heterocycles. The molecule has 2 amide bonds. The first-order valence-electron chi connectivity index (χ1n) is 8.45. The molecule has 0 saturated heterocycles. The van der Waals surface area contributed by atoms with Gasteiger partial charge in [-0.15, -0.1) is 11.8 Å². The summed E-state index contributed by atoms with van der Waals surface area (Å²) in [6, 6.07) is 14.2. The van der Waals surface area contributed by atoms with E-state index in [9.17, 15) is 14.4 Å². The molecule has 0 spiro atoms. The number of carbonyl (C=O) groups is 3. The minimum atomic E-state index is -0.919. The summed E-state index contributed by atoms with van der Waals surface area (Å²) in [5.41, 5.74) is 7.18. The second-order valence-electron chi connectivity index (χ2n) is 5.97. The number of anilines is 1. The first-order chi connectivity index (χ1) is 12.8. The molecule has 27 heavy (non-hydrogen) atoms. The Morgan fingerprint density at radius 3 is 2.30 bits per heavy atom. The molecule has 2 aromatic carbocycles. The van der Waals surface area contributed by atoms with Gasteiger partial charge >= 0.3 is 5.97 Å². The van der Waals surface area contributed by atoms with Crippen LogP contribution in [0.4, 0.5) is 5.69 Å². The second kappa shape index (κ2) is 9.78. The van der Waals surface area contributed by atoms with E-state index in [1.165, 1.54) is 24.6 Å². The number of amides is 2. The van der Waals surface area contributed by atoms with Gasteiger partial charge in [-0.25, -0.2) is 0 Å². The lowest BCUT2D eigenvalue weighted by Crippen LogP contribution is -2.30. The lowest BCUT2D eigenvalue weighted by Gasteiger charge is -2.13. The third kappa shape index (κ3) is 6.79. The SMILES string of the molecule is Cc1ccc(SCCC(=O)OC(C)C(=O)Nc2ccc(C(N)=O)cc2)cc1. The fourth-order valence-corrected chi connectivity index (χ4v) is 2.99. The molecule has 142 valence electrons. The zero-order valence-electron chi connectivity index (χ0n) is 15.2. The Labute approximate surface area is 162 Å². The van der Waals surface area contributed by atoms with E-state index < -0.39 is 23.9 Å². The molecule has 0 aliphatic carbocycles. The number of esters is 1. The van der Waals surface area contributed by atoms with Gasteiger partial charge in [0.2, 0.25) is 5.91 Å². The fraction of sp³-hybridized carbons (Fsp3) is 0.250. The van der Waals surface area contributed by atoms with Crippen molar-refractivity contribution in [2.24, 2.45) is 5.73 Å². The van der Waals surface area contributed by atoms with Crippen LogP contribution in [-0.4, -0.2) is 29.6 Å². The minimum Gasteiger partial charge on any atom is -0.453 e. The number of primary amides is 1. The molecule has 0 aliphatic rings. The maximum Gasteiger partial charge on any atom is 0.307 e. The van der Waals surface area contributed by atoms with Crippen molar-refractivity contribution in [1.82, 2.24) is 0 Å². The van der Waals surface area contributed by atoms with Crippen LogP contribution in [0.3, 0.4) is 0 Å². The van der Waals surface area contributed by atoms with E-state index in [1.807, 2.05) is 31.2 Å². The highest BCUT2D eigenvalue weighted by Crippen LogP contribution is 2.19. The number of nitrogens with one attached hydrogen (secondary N) is 1. The summed E-state index contributed by atoms with van der Waals surface area (Å²) in [6.07, 6.45) is -0.707. The van der Waals surface area contributed by atoms with Crippen molar-refractivity contribution < 1.29 is 19.1 Å². The van der Waals surface area contributed by atoms with Crippen LogP contribution in [-0.2, 0) is 14.3 Å². The normalized spacial score (nSPS) is 11.5. The Kier molecular flexibility index (Phi) is 7.43. The largest absolute Gasteiger partial charge is 0.453 e. The van der Waals surface area contributed by atoms with Crippen molar-refractivity contribution in [2.75, 3.05) is 11.1 Å². The Bertz CT molecular complexity index is 804. The van der Waals surface area contributed by atoms with E-state index in [1.54, 1.807) is 23.9 Å². The summed E-state index contributed by atoms with van der Waals surface area (Å²) in [7, 11) is 0. The van der Waals surface area contributed by atoms with Crippen molar-refractivity contribution in [3.05, 3.63) is 59.7 Å². The van der Waals surface area contributed by atoms with Gasteiger partial charge in [-0.05, 0) is 50.2 Å². The van der Waals surface area contributed by atoms with Crippen LogP contribution in [0.1, 0.15) is 29.3 Å². The standard InChI is InChI=1S/C20H22N2O4S/c1-13-3-9-17(10-4-13)27-12-11-18(23)26-14(2)20(25)22-16-7-5-15(6-8-16)19(21)24/h3-10,14H,11-12H2,1-2H3,(H2,21,24)(H,22,25). The zero-order chi connectivity index (χ0) is 19.8. The topological polar surface area (TPSA) is 98.5 Å². The molecule has 7 heteroatoms. The van der Waals surface area contributed by atoms with Gasteiger partial charge in [0.25, 0.3) is 5.91 Å². The molecule has 2 aromatic rings. The van der Waals surface area contributed by atoms with Gasteiger partial charge in [-0.1, -0.05) is 17.7 Å². The van der Waals surface area contributed by atoms with Crippen LogP contribution < -0.4 is 11.1 Å². The monoisotopic (exact) mass is 386 g/mol. The molecule has 0 heterocycles. The predicted octanol–water partition coefficient (Wildman–Crippen LogP) is 3.15. The lowest BCUT2D eigenvalue weighted by atomic mass is 10.2. The van der Waals surface area contributed by atoms with E-state index in [0.717, 1.165) is 4.90 Å². The Hall–Kier alpha value is -2.80. The summed E-state index contributed by atoms with van der Waals surface area (Å²) < 4.78 is 5.16. The molecule has 1 atom stereocenters. The maximum absolute atomic E-state index is 12.1. The van der Waals surface area contributed by atoms with Gasteiger partial charge in [0.15, 0.2) is 6.10 Å². The number of hydrogen-bond acceptors (Lipinski definition) is 5. The van der Waals surface area contributed by atoms with Crippen molar-refractivity contribution in [1.29, 1.82) is 0 Å². The number of aryl methyl sites for hydroxylation is 1. The van der Waals surface area contributed by atoms with Crippen LogP contribution in [0, 0.1) is 6.92 Å². The van der Waals surface area contributed by atoms with Gasteiger partial charge < -0.3 is 15.8 Å². The van der Waals surface area contributed by atoms with E-state index in [0.29, 0.717) is 17.0 Å². The number of rotatable bonds is 8. The number of nitrogens with two attached hydrogens (primary N) is 1. The van der Waals surface area contributed by atoms with Crippen molar-refractivity contribution in [3.63, 3.8) is 0 Å². The third-order valence-corrected chi connectivity index (χ3v) is 4.72. The van der Waals surface area contributed by atoms with E-state index in [2.05, 4.69) is 5.32 Å². The Balaban J connectivity index is 1.75. The molecule has 0 aliphatic heterocycles. The molecule has 6 nitrogen and oxygen atoms in total. The highest BCUT2D eigenvalue weighted by molar-refractivity contribution is 7.99. The third-order valence-electron chi connectivity index (χ3n) is 3.71. The van der Waals surface area contributed by atoms with Gasteiger partial charge in [0.05, 0.1) is 6.42 Å². The van der Waals surface area contributed by atoms with Gasteiger partial charge in [-0.3, -0.25) is 14.4 Å². The molecule has 0 saturated carbocycles.